The van der Waals surface area contributed by atoms with Crippen LogP contribution in [0.1, 0.15) is 38.9 Å². The third kappa shape index (κ3) is 3.40. The van der Waals surface area contributed by atoms with Gasteiger partial charge in [-0.3, -0.25) is 19.1 Å². The summed E-state index contributed by atoms with van der Waals surface area (Å²) in [5.41, 5.74) is 0.646. The second kappa shape index (κ2) is 6.24. The van der Waals surface area contributed by atoms with Crippen molar-refractivity contribution >= 4 is 11.8 Å². The van der Waals surface area contributed by atoms with Crippen LogP contribution >= 0.6 is 0 Å². The molecule has 0 bridgehead atoms. The van der Waals surface area contributed by atoms with Crippen molar-refractivity contribution in [3.63, 3.8) is 0 Å². The van der Waals surface area contributed by atoms with Gasteiger partial charge in [-0.1, -0.05) is 6.07 Å². The number of carbonyl (C=O) groups is 2. The van der Waals surface area contributed by atoms with Gasteiger partial charge < -0.3 is 4.90 Å². The first-order valence-electron chi connectivity index (χ1n) is 7.45. The summed E-state index contributed by atoms with van der Waals surface area (Å²) in [6, 6.07) is 5.76. The molecular formula is C16H23N3O2. The molecule has 0 aliphatic carbocycles. The average molecular weight is 289 g/mol. The van der Waals surface area contributed by atoms with Crippen molar-refractivity contribution in [2.75, 3.05) is 6.54 Å². The molecular weight excluding hydrogens is 266 g/mol. The number of pyridine rings is 1. The number of amides is 1. The van der Waals surface area contributed by atoms with Gasteiger partial charge in [0.05, 0.1) is 5.92 Å². The van der Waals surface area contributed by atoms with Gasteiger partial charge in [0.2, 0.25) is 11.8 Å². The minimum absolute atomic E-state index is 0.0495. The minimum Gasteiger partial charge on any atom is -0.339 e. The zero-order valence-corrected chi connectivity index (χ0v) is 13.1. The summed E-state index contributed by atoms with van der Waals surface area (Å²) in [6.45, 7) is 8.39. The Bertz CT molecular complexity index is 602. The number of aromatic nitrogens is 1. The molecule has 0 N–H and O–H groups in total. The first-order chi connectivity index (χ1) is 9.90. The van der Waals surface area contributed by atoms with E-state index in [2.05, 4.69) is 4.99 Å². The number of nitrogens with zero attached hydrogens (tertiary/aromatic N) is 3. The summed E-state index contributed by atoms with van der Waals surface area (Å²) in [4.78, 5) is 30.9. The van der Waals surface area contributed by atoms with E-state index < -0.39 is 0 Å². The largest absolute Gasteiger partial charge is 0.339 e. The number of rotatable bonds is 3. The molecule has 1 unspecified atom stereocenters. The van der Waals surface area contributed by atoms with Crippen LogP contribution < -0.4 is 5.49 Å². The molecule has 1 amide bonds. The molecule has 1 aliphatic rings. The van der Waals surface area contributed by atoms with Crippen LogP contribution in [0.3, 0.4) is 0 Å². The molecule has 0 aromatic carbocycles. The number of likely N-dealkylation sites (tertiary alicyclic amines) is 1. The fourth-order valence-electron chi connectivity index (χ4n) is 2.58. The van der Waals surface area contributed by atoms with Crippen molar-refractivity contribution < 1.29 is 9.59 Å². The molecule has 0 spiro atoms. The van der Waals surface area contributed by atoms with Gasteiger partial charge in [0.1, 0.15) is 5.49 Å². The van der Waals surface area contributed by atoms with Gasteiger partial charge in [0, 0.05) is 31.2 Å². The lowest BCUT2D eigenvalue weighted by Gasteiger charge is -2.20. The van der Waals surface area contributed by atoms with Crippen LogP contribution in [0.2, 0.25) is 0 Å². The van der Waals surface area contributed by atoms with Crippen LogP contribution in [0, 0.1) is 5.92 Å². The van der Waals surface area contributed by atoms with E-state index in [1.165, 1.54) is 0 Å². The van der Waals surface area contributed by atoms with Crippen LogP contribution in [-0.4, -0.2) is 39.9 Å². The lowest BCUT2D eigenvalue weighted by atomic mass is 10.1. The van der Waals surface area contributed by atoms with Crippen LogP contribution in [0.15, 0.2) is 29.4 Å². The number of hydrogen-bond donors (Lipinski definition) is 0. The molecule has 5 nitrogen and oxygen atoms in total. The highest BCUT2D eigenvalue weighted by molar-refractivity contribution is 5.90. The molecule has 1 aromatic heterocycles. The van der Waals surface area contributed by atoms with E-state index in [0.717, 1.165) is 0 Å². The van der Waals surface area contributed by atoms with Gasteiger partial charge in [-0.15, -0.1) is 0 Å². The Hall–Kier alpha value is -1.91. The second-order valence-electron chi connectivity index (χ2n) is 6.03. The molecule has 0 saturated carbocycles. The Kier molecular flexibility index (Phi) is 4.60. The normalized spacial score (nSPS) is 19.9. The molecule has 1 fully saturated rings. The number of carbonyl (C=O) groups excluding carboxylic acids is 2. The fraction of sp³-hybridized carbons (Fsp3) is 0.562. The first kappa shape index (κ1) is 15.5. The van der Waals surface area contributed by atoms with E-state index in [1.54, 1.807) is 15.7 Å². The summed E-state index contributed by atoms with van der Waals surface area (Å²) in [5.74, 6) is -0.276. The smallest absolute Gasteiger partial charge is 0.237 e. The van der Waals surface area contributed by atoms with Gasteiger partial charge in [-0.05, 0) is 39.8 Å². The monoisotopic (exact) mass is 289 g/mol. The SMILES string of the molecule is CC(C)N=c1ccccn1C(=O)C1CC(=O)N(C(C)C)C1. The van der Waals surface area contributed by atoms with Gasteiger partial charge in [-0.2, -0.15) is 0 Å². The predicted molar refractivity (Wildman–Crippen MR) is 80.7 cm³/mol. The van der Waals surface area contributed by atoms with Crippen molar-refractivity contribution in [3.05, 3.63) is 29.9 Å². The average Bonchev–Trinajstić information content (AvgIpc) is 2.80. The summed E-state index contributed by atoms with van der Waals surface area (Å²) in [7, 11) is 0. The third-order valence-electron chi connectivity index (χ3n) is 3.60. The zero-order valence-electron chi connectivity index (χ0n) is 13.1. The Morgan fingerprint density at radius 3 is 2.57 bits per heavy atom. The molecule has 1 atom stereocenters. The van der Waals surface area contributed by atoms with Gasteiger partial charge in [0.25, 0.3) is 0 Å². The third-order valence-corrected chi connectivity index (χ3v) is 3.60. The Labute approximate surface area is 125 Å². The highest BCUT2D eigenvalue weighted by Gasteiger charge is 2.36. The maximum absolute atomic E-state index is 12.7. The van der Waals surface area contributed by atoms with Gasteiger partial charge in [-0.25, -0.2) is 0 Å². The molecule has 1 saturated heterocycles. The quantitative estimate of drug-likeness (QED) is 0.850. The molecule has 114 valence electrons. The van der Waals surface area contributed by atoms with Crippen molar-refractivity contribution in [2.24, 2.45) is 10.9 Å². The second-order valence-corrected chi connectivity index (χ2v) is 6.03. The molecule has 1 aliphatic heterocycles. The maximum atomic E-state index is 12.7. The van der Waals surface area contributed by atoms with Crippen LogP contribution in [-0.2, 0) is 4.79 Å². The van der Waals surface area contributed by atoms with Crippen molar-refractivity contribution in [2.45, 2.75) is 46.2 Å². The van der Waals surface area contributed by atoms with E-state index >= 15 is 0 Å². The van der Waals surface area contributed by atoms with Gasteiger partial charge >= 0.3 is 0 Å². The molecule has 0 radical (unpaired) electrons. The lowest BCUT2D eigenvalue weighted by Crippen LogP contribution is -2.35. The van der Waals surface area contributed by atoms with Crippen LogP contribution in [0.4, 0.5) is 0 Å². The topological polar surface area (TPSA) is 54.7 Å². The van der Waals surface area contributed by atoms with Crippen LogP contribution in [0.25, 0.3) is 0 Å². The predicted octanol–water partition coefficient (Wildman–Crippen LogP) is 1.69. The standard InChI is InChI=1S/C16H23N3O2/c1-11(2)17-14-7-5-6-8-18(14)16(21)13-9-15(20)19(10-13)12(3)4/h5-8,11-13H,9-10H2,1-4H3. The van der Waals surface area contributed by atoms with E-state index in [9.17, 15) is 9.59 Å². The van der Waals surface area contributed by atoms with E-state index in [-0.39, 0.29) is 29.8 Å². The van der Waals surface area contributed by atoms with Crippen LogP contribution in [0.5, 0.6) is 0 Å². The Balaban J connectivity index is 2.28. The summed E-state index contributed by atoms with van der Waals surface area (Å²) < 4.78 is 1.57. The van der Waals surface area contributed by atoms with Crippen molar-refractivity contribution in [3.8, 4) is 0 Å². The fourth-order valence-corrected chi connectivity index (χ4v) is 2.58. The molecule has 1 aromatic rings. The van der Waals surface area contributed by atoms with E-state index in [4.69, 9.17) is 0 Å². The van der Waals surface area contributed by atoms with E-state index in [1.807, 2.05) is 45.9 Å². The molecule has 2 rings (SSSR count). The summed E-state index contributed by atoms with van der Waals surface area (Å²) in [5, 5.41) is 0. The summed E-state index contributed by atoms with van der Waals surface area (Å²) in [6.07, 6.45) is 2.02. The summed E-state index contributed by atoms with van der Waals surface area (Å²) >= 11 is 0. The minimum atomic E-state index is -0.284. The van der Waals surface area contributed by atoms with Crippen molar-refractivity contribution in [1.82, 2.24) is 9.47 Å². The Morgan fingerprint density at radius 1 is 1.29 bits per heavy atom. The van der Waals surface area contributed by atoms with E-state index in [0.29, 0.717) is 18.5 Å². The molecule has 5 heteroatoms. The zero-order chi connectivity index (χ0) is 15.6. The lowest BCUT2D eigenvalue weighted by molar-refractivity contribution is -0.129. The molecule has 2 heterocycles. The maximum Gasteiger partial charge on any atom is 0.237 e. The van der Waals surface area contributed by atoms with Crippen molar-refractivity contribution in [1.29, 1.82) is 0 Å². The highest BCUT2D eigenvalue weighted by atomic mass is 16.2. The Morgan fingerprint density at radius 2 is 2.00 bits per heavy atom. The molecule has 21 heavy (non-hydrogen) atoms. The highest BCUT2D eigenvalue weighted by Crippen LogP contribution is 2.21. The van der Waals surface area contributed by atoms with Gasteiger partial charge in [0.15, 0.2) is 0 Å². The number of hydrogen-bond acceptors (Lipinski definition) is 3. The first-order valence-corrected chi connectivity index (χ1v) is 7.45.